The Morgan fingerprint density at radius 2 is 1.57 bits per heavy atom. The minimum atomic E-state index is -3.97. The number of rotatable bonds is 5. The molecular formula is C18H19N3O6S. The minimum Gasteiger partial charge on any atom is -0.325 e. The smallest absolute Gasteiger partial charge is 0.264 e. The first kappa shape index (κ1) is 19.7. The van der Waals surface area contributed by atoms with Crippen LogP contribution in [0.15, 0.2) is 41.3 Å². The lowest BCUT2D eigenvalue weighted by Crippen LogP contribution is -2.38. The molecule has 2 atom stereocenters. The second kappa shape index (κ2) is 7.55. The number of sulfonamides is 1. The first-order chi connectivity index (χ1) is 13.2. The van der Waals surface area contributed by atoms with Crippen LogP contribution >= 0.6 is 0 Å². The van der Waals surface area contributed by atoms with Crippen LogP contribution in [0.5, 0.6) is 0 Å². The number of imide groups is 1. The van der Waals surface area contributed by atoms with Gasteiger partial charge in [0, 0.05) is 12.6 Å². The van der Waals surface area contributed by atoms with Crippen molar-refractivity contribution in [1.82, 2.24) is 9.62 Å². The van der Waals surface area contributed by atoms with Crippen molar-refractivity contribution in [3.8, 4) is 0 Å². The second-order valence-corrected chi connectivity index (χ2v) is 8.34. The maximum atomic E-state index is 12.4. The molecule has 1 aromatic carbocycles. The topological polar surface area (TPSA) is 130 Å². The van der Waals surface area contributed by atoms with Gasteiger partial charge in [0.2, 0.25) is 23.6 Å². The number of nitrogens with one attached hydrogen (secondary N) is 2. The number of allylic oxidation sites excluding steroid dienone is 2. The zero-order valence-corrected chi connectivity index (χ0v) is 15.9. The van der Waals surface area contributed by atoms with E-state index in [2.05, 4.69) is 5.32 Å². The van der Waals surface area contributed by atoms with Gasteiger partial charge in [0.15, 0.2) is 0 Å². The van der Waals surface area contributed by atoms with Crippen LogP contribution in [0.1, 0.15) is 19.8 Å². The SMILES string of the molecule is CC(=O)NS(=O)(=O)c1ccc(NC(=O)CN2C(=O)[C@@H]3CC=CC[C@H]3C2=O)cc1. The molecule has 4 amide bonds. The normalized spacial score (nSPS) is 21.4. The van der Waals surface area contributed by atoms with E-state index >= 15 is 0 Å². The number of benzene rings is 1. The Hall–Kier alpha value is -3.01. The number of likely N-dealkylation sites (tertiary alicyclic amines) is 1. The van der Waals surface area contributed by atoms with Gasteiger partial charge in [-0.2, -0.15) is 0 Å². The summed E-state index contributed by atoms with van der Waals surface area (Å²) >= 11 is 0. The average molecular weight is 405 g/mol. The average Bonchev–Trinajstić information content (AvgIpc) is 2.86. The zero-order valence-electron chi connectivity index (χ0n) is 15.0. The number of hydrogen-bond acceptors (Lipinski definition) is 6. The van der Waals surface area contributed by atoms with E-state index < -0.39 is 40.2 Å². The molecule has 1 heterocycles. The van der Waals surface area contributed by atoms with E-state index in [0.29, 0.717) is 18.5 Å². The van der Waals surface area contributed by atoms with E-state index in [1.54, 1.807) is 0 Å². The Morgan fingerprint density at radius 3 is 2.07 bits per heavy atom. The van der Waals surface area contributed by atoms with Crippen molar-refractivity contribution < 1.29 is 27.6 Å². The van der Waals surface area contributed by atoms with Crippen LogP contribution < -0.4 is 10.0 Å². The largest absolute Gasteiger partial charge is 0.325 e. The fraction of sp³-hybridized carbons (Fsp3) is 0.333. The van der Waals surface area contributed by atoms with E-state index in [9.17, 15) is 27.6 Å². The molecule has 1 fully saturated rings. The van der Waals surface area contributed by atoms with Crippen molar-refractivity contribution >= 4 is 39.3 Å². The summed E-state index contributed by atoms with van der Waals surface area (Å²) in [5.41, 5.74) is 0.296. The van der Waals surface area contributed by atoms with E-state index in [-0.39, 0.29) is 16.7 Å². The van der Waals surface area contributed by atoms with Crippen molar-refractivity contribution in [2.45, 2.75) is 24.7 Å². The van der Waals surface area contributed by atoms with Crippen molar-refractivity contribution in [1.29, 1.82) is 0 Å². The summed E-state index contributed by atoms with van der Waals surface area (Å²) in [6.07, 6.45) is 4.73. The lowest BCUT2D eigenvalue weighted by molar-refractivity contribution is -0.142. The quantitative estimate of drug-likeness (QED) is 0.539. The third-order valence-electron chi connectivity index (χ3n) is 4.63. The van der Waals surface area contributed by atoms with E-state index in [4.69, 9.17) is 0 Å². The number of carbonyl (C=O) groups is 4. The summed E-state index contributed by atoms with van der Waals surface area (Å²) in [6, 6.07) is 5.16. The highest BCUT2D eigenvalue weighted by Gasteiger charge is 2.47. The predicted molar refractivity (Wildman–Crippen MR) is 98.1 cm³/mol. The summed E-state index contributed by atoms with van der Waals surface area (Å²) in [5.74, 6) is -2.76. The fourth-order valence-corrected chi connectivity index (χ4v) is 4.33. The molecule has 9 nitrogen and oxygen atoms in total. The van der Waals surface area contributed by atoms with Crippen LogP contribution in [0.2, 0.25) is 0 Å². The molecule has 1 aromatic rings. The molecule has 28 heavy (non-hydrogen) atoms. The highest BCUT2D eigenvalue weighted by Crippen LogP contribution is 2.34. The van der Waals surface area contributed by atoms with Gasteiger partial charge >= 0.3 is 0 Å². The van der Waals surface area contributed by atoms with Gasteiger partial charge in [-0.3, -0.25) is 24.1 Å². The molecule has 0 bridgehead atoms. The number of hydrogen-bond donors (Lipinski definition) is 2. The molecular weight excluding hydrogens is 386 g/mol. The predicted octanol–water partition coefficient (Wildman–Crippen LogP) is 0.401. The van der Waals surface area contributed by atoms with Gasteiger partial charge in [0.1, 0.15) is 6.54 Å². The van der Waals surface area contributed by atoms with Crippen LogP contribution in [-0.2, 0) is 29.2 Å². The van der Waals surface area contributed by atoms with E-state index in [1.165, 1.54) is 24.3 Å². The molecule has 2 N–H and O–H groups in total. The molecule has 0 unspecified atom stereocenters. The van der Waals surface area contributed by atoms with E-state index in [1.807, 2.05) is 16.9 Å². The van der Waals surface area contributed by atoms with Crippen molar-refractivity contribution in [3.63, 3.8) is 0 Å². The summed E-state index contributed by atoms with van der Waals surface area (Å²) in [4.78, 5) is 48.8. The molecule has 3 rings (SSSR count). The zero-order chi connectivity index (χ0) is 20.5. The summed E-state index contributed by atoms with van der Waals surface area (Å²) in [7, 11) is -3.97. The van der Waals surface area contributed by atoms with Gasteiger partial charge in [-0.1, -0.05) is 12.2 Å². The minimum absolute atomic E-state index is 0.137. The van der Waals surface area contributed by atoms with Crippen molar-refractivity contribution in [2.75, 3.05) is 11.9 Å². The molecule has 1 aliphatic carbocycles. The molecule has 10 heteroatoms. The number of fused-ring (bicyclic) bond motifs is 1. The highest BCUT2D eigenvalue weighted by molar-refractivity contribution is 7.90. The molecule has 148 valence electrons. The van der Waals surface area contributed by atoms with Crippen LogP contribution in [-0.4, -0.2) is 43.5 Å². The Bertz CT molecular complexity index is 942. The van der Waals surface area contributed by atoms with Crippen LogP contribution in [0.25, 0.3) is 0 Å². The molecule has 0 spiro atoms. The van der Waals surface area contributed by atoms with Crippen molar-refractivity contribution in [3.05, 3.63) is 36.4 Å². The monoisotopic (exact) mass is 405 g/mol. The van der Waals surface area contributed by atoms with Gasteiger partial charge < -0.3 is 5.32 Å². The molecule has 2 aliphatic rings. The Kier molecular flexibility index (Phi) is 5.32. The molecule has 1 saturated heterocycles. The summed E-state index contributed by atoms with van der Waals surface area (Å²) < 4.78 is 25.6. The molecule has 0 radical (unpaired) electrons. The maximum Gasteiger partial charge on any atom is 0.264 e. The Balaban J connectivity index is 1.63. The van der Waals surface area contributed by atoms with Gasteiger partial charge in [-0.25, -0.2) is 13.1 Å². The van der Waals surface area contributed by atoms with Crippen LogP contribution in [0.4, 0.5) is 5.69 Å². The standard InChI is InChI=1S/C18H19N3O6S/c1-11(22)20-28(26,27)13-8-6-12(7-9-13)19-16(23)10-21-17(24)14-4-2-3-5-15(14)18(21)25/h2-3,6-9,14-15H,4-5,10H2,1H3,(H,19,23)(H,20,22)/t14-,15-/m1/s1. The van der Waals surface area contributed by atoms with E-state index in [0.717, 1.165) is 11.8 Å². The third-order valence-corrected chi connectivity index (χ3v) is 6.08. The number of carbonyl (C=O) groups excluding carboxylic acids is 4. The third kappa shape index (κ3) is 3.96. The fourth-order valence-electron chi connectivity index (χ4n) is 3.33. The summed E-state index contributed by atoms with van der Waals surface area (Å²) in [6.45, 7) is 0.690. The van der Waals surface area contributed by atoms with Gasteiger partial charge in [-0.15, -0.1) is 0 Å². The lowest BCUT2D eigenvalue weighted by atomic mass is 9.85. The second-order valence-electron chi connectivity index (χ2n) is 6.65. The van der Waals surface area contributed by atoms with Gasteiger partial charge in [0.25, 0.3) is 10.0 Å². The van der Waals surface area contributed by atoms with Crippen LogP contribution in [0.3, 0.4) is 0 Å². The van der Waals surface area contributed by atoms with Gasteiger partial charge in [0.05, 0.1) is 16.7 Å². The highest BCUT2D eigenvalue weighted by atomic mass is 32.2. The molecule has 0 aromatic heterocycles. The number of anilines is 1. The van der Waals surface area contributed by atoms with Crippen molar-refractivity contribution in [2.24, 2.45) is 11.8 Å². The summed E-state index contributed by atoms with van der Waals surface area (Å²) in [5, 5.41) is 2.53. The van der Waals surface area contributed by atoms with Gasteiger partial charge in [-0.05, 0) is 37.1 Å². The Morgan fingerprint density at radius 1 is 1.04 bits per heavy atom. The Labute approximate surface area is 161 Å². The molecule has 0 saturated carbocycles. The first-order valence-corrected chi connectivity index (χ1v) is 10.1. The number of amides is 4. The molecule has 1 aliphatic heterocycles. The van der Waals surface area contributed by atoms with Crippen LogP contribution in [0, 0.1) is 11.8 Å². The lowest BCUT2D eigenvalue weighted by Gasteiger charge is -2.14. The number of nitrogens with zero attached hydrogens (tertiary/aromatic N) is 1. The first-order valence-electron chi connectivity index (χ1n) is 8.62. The maximum absolute atomic E-state index is 12.4.